The predicted molar refractivity (Wildman–Crippen MR) is 72.1 cm³/mol. The number of carbonyl (C=O) groups is 1. The minimum atomic E-state index is -0.429. The van der Waals surface area contributed by atoms with Gasteiger partial charge in [-0.25, -0.2) is 4.79 Å². The summed E-state index contributed by atoms with van der Waals surface area (Å²) in [5.41, 5.74) is 0. The quantitative estimate of drug-likeness (QED) is 0.350. The molecule has 0 aliphatic heterocycles. The van der Waals surface area contributed by atoms with Crippen LogP contribution in [0.3, 0.4) is 0 Å². The standard InChI is InChI=1S/C13H15BrO4/c1-3-17-13(15)8-10(9-14)18-12-7-5-4-6-11(12)16-2/h4-8H,3,9H2,1-2H3/b10-8+. The van der Waals surface area contributed by atoms with Gasteiger partial charge < -0.3 is 14.2 Å². The molecule has 0 aromatic heterocycles. The Balaban J connectivity index is 2.82. The number of halogens is 1. The first kappa shape index (κ1) is 14.6. The molecule has 1 rings (SSSR count). The van der Waals surface area contributed by atoms with E-state index in [1.165, 1.54) is 6.08 Å². The highest BCUT2D eigenvalue weighted by molar-refractivity contribution is 9.09. The summed E-state index contributed by atoms with van der Waals surface area (Å²) in [4.78, 5) is 11.3. The Bertz CT molecular complexity index is 429. The van der Waals surface area contributed by atoms with Gasteiger partial charge in [0, 0.05) is 0 Å². The summed E-state index contributed by atoms with van der Waals surface area (Å²) in [5, 5.41) is 0.407. The van der Waals surface area contributed by atoms with E-state index in [0.29, 0.717) is 29.2 Å². The van der Waals surface area contributed by atoms with Gasteiger partial charge in [-0.3, -0.25) is 0 Å². The van der Waals surface area contributed by atoms with Gasteiger partial charge in [0.25, 0.3) is 0 Å². The smallest absolute Gasteiger partial charge is 0.334 e. The van der Waals surface area contributed by atoms with E-state index in [0.717, 1.165) is 0 Å². The third-order valence-corrected chi connectivity index (χ3v) is 2.56. The Morgan fingerprint density at radius 1 is 1.33 bits per heavy atom. The normalized spacial score (nSPS) is 10.9. The van der Waals surface area contributed by atoms with Crippen molar-refractivity contribution in [3.63, 3.8) is 0 Å². The Hall–Kier alpha value is -1.49. The Labute approximate surface area is 115 Å². The molecule has 0 atom stereocenters. The fourth-order valence-corrected chi connectivity index (χ4v) is 1.53. The van der Waals surface area contributed by atoms with Crippen molar-refractivity contribution in [2.24, 2.45) is 0 Å². The molecular weight excluding hydrogens is 300 g/mol. The zero-order chi connectivity index (χ0) is 13.4. The maximum atomic E-state index is 11.3. The van der Waals surface area contributed by atoms with E-state index in [9.17, 15) is 4.79 Å². The molecule has 4 nitrogen and oxygen atoms in total. The number of allylic oxidation sites excluding steroid dienone is 1. The maximum absolute atomic E-state index is 11.3. The van der Waals surface area contributed by atoms with Crippen LogP contribution < -0.4 is 9.47 Å². The highest BCUT2D eigenvalue weighted by atomic mass is 79.9. The summed E-state index contributed by atoms with van der Waals surface area (Å²) >= 11 is 3.26. The van der Waals surface area contributed by atoms with Crippen LogP contribution in [0.2, 0.25) is 0 Å². The van der Waals surface area contributed by atoms with Crippen molar-refractivity contribution in [3.05, 3.63) is 36.1 Å². The summed E-state index contributed by atoms with van der Waals surface area (Å²) in [6.07, 6.45) is 1.31. The van der Waals surface area contributed by atoms with Gasteiger partial charge in [0.2, 0.25) is 0 Å². The van der Waals surface area contributed by atoms with Crippen molar-refractivity contribution in [2.45, 2.75) is 6.92 Å². The summed E-state index contributed by atoms with van der Waals surface area (Å²) < 4.78 is 15.6. The lowest BCUT2D eigenvalue weighted by molar-refractivity contribution is -0.137. The molecule has 0 amide bonds. The fourth-order valence-electron chi connectivity index (χ4n) is 1.26. The van der Waals surface area contributed by atoms with Crippen molar-refractivity contribution in [1.29, 1.82) is 0 Å². The van der Waals surface area contributed by atoms with Gasteiger partial charge in [0.15, 0.2) is 11.5 Å². The fraction of sp³-hybridized carbons (Fsp3) is 0.308. The van der Waals surface area contributed by atoms with Gasteiger partial charge in [-0.1, -0.05) is 28.1 Å². The van der Waals surface area contributed by atoms with Crippen molar-refractivity contribution in [3.8, 4) is 11.5 Å². The van der Waals surface area contributed by atoms with Crippen LogP contribution in [-0.2, 0) is 9.53 Å². The molecule has 0 aliphatic carbocycles. The van der Waals surface area contributed by atoms with Crippen molar-refractivity contribution in [1.82, 2.24) is 0 Å². The van der Waals surface area contributed by atoms with E-state index in [1.54, 1.807) is 26.2 Å². The Kier molecular flexibility index (Phi) is 6.28. The van der Waals surface area contributed by atoms with E-state index in [1.807, 2.05) is 12.1 Å². The summed E-state index contributed by atoms with van der Waals surface area (Å²) in [6.45, 7) is 2.08. The number of ether oxygens (including phenoxy) is 3. The van der Waals surface area contributed by atoms with E-state index < -0.39 is 5.97 Å². The number of methoxy groups -OCH3 is 1. The summed E-state index contributed by atoms with van der Waals surface area (Å²) in [6, 6.07) is 7.22. The van der Waals surface area contributed by atoms with Crippen LogP contribution >= 0.6 is 15.9 Å². The highest BCUT2D eigenvalue weighted by Crippen LogP contribution is 2.27. The molecule has 0 radical (unpaired) electrons. The molecule has 1 aromatic rings. The van der Waals surface area contributed by atoms with Crippen LogP contribution in [0, 0.1) is 0 Å². The molecule has 0 unspecified atom stereocenters. The van der Waals surface area contributed by atoms with E-state index >= 15 is 0 Å². The van der Waals surface area contributed by atoms with Gasteiger partial charge in [-0.15, -0.1) is 0 Å². The molecule has 0 fully saturated rings. The second-order valence-corrected chi connectivity index (χ2v) is 3.81. The molecule has 0 saturated carbocycles. The molecular formula is C13H15BrO4. The van der Waals surface area contributed by atoms with Gasteiger partial charge in [-0.2, -0.15) is 0 Å². The molecule has 0 aliphatic rings. The van der Waals surface area contributed by atoms with Crippen molar-refractivity contribution < 1.29 is 19.0 Å². The van der Waals surface area contributed by atoms with Crippen LogP contribution in [-0.4, -0.2) is 25.0 Å². The first-order chi connectivity index (χ1) is 8.71. The third kappa shape index (κ3) is 4.41. The second-order valence-electron chi connectivity index (χ2n) is 3.25. The number of alkyl halides is 1. The lowest BCUT2D eigenvalue weighted by atomic mass is 10.3. The van der Waals surface area contributed by atoms with Crippen LogP contribution in [0.1, 0.15) is 6.92 Å². The van der Waals surface area contributed by atoms with Crippen LogP contribution in [0.5, 0.6) is 11.5 Å². The maximum Gasteiger partial charge on any atom is 0.334 e. The Morgan fingerprint density at radius 3 is 2.56 bits per heavy atom. The number of para-hydroxylation sites is 2. The number of hydrogen-bond acceptors (Lipinski definition) is 4. The molecule has 0 bridgehead atoms. The summed E-state index contributed by atoms with van der Waals surface area (Å²) in [5.74, 6) is 1.18. The zero-order valence-corrected chi connectivity index (χ0v) is 11.9. The zero-order valence-electron chi connectivity index (χ0n) is 10.3. The number of hydrogen-bond donors (Lipinski definition) is 0. The van der Waals surface area contributed by atoms with E-state index in [-0.39, 0.29) is 0 Å². The molecule has 0 N–H and O–H groups in total. The predicted octanol–water partition coefficient (Wildman–Crippen LogP) is 2.92. The molecule has 5 heteroatoms. The van der Waals surface area contributed by atoms with Crippen LogP contribution in [0.25, 0.3) is 0 Å². The van der Waals surface area contributed by atoms with E-state index in [2.05, 4.69) is 15.9 Å². The Morgan fingerprint density at radius 2 is 2.00 bits per heavy atom. The first-order valence-electron chi connectivity index (χ1n) is 5.45. The van der Waals surface area contributed by atoms with Crippen LogP contribution in [0.15, 0.2) is 36.1 Å². The topological polar surface area (TPSA) is 44.8 Å². The highest BCUT2D eigenvalue weighted by Gasteiger charge is 2.08. The molecule has 0 heterocycles. The molecule has 1 aromatic carbocycles. The minimum Gasteiger partial charge on any atom is -0.493 e. The van der Waals surface area contributed by atoms with Gasteiger partial charge >= 0.3 is 5.97 Å². The van der Waals surface area contributed by atoms with E-state index in [4.69, 9.17) is 14.2 Å². The second kappa shape index (κ2) is 7.76. The lowest BCUT2D eigenvalue weighted by Crippen LogP contribution is -2.05. The molecule has 18 heavy (non-hydrogen) atoms. The monoisotopic (exact) mass is 314 g/mol. The van der Waals surface area contributed by atoms with Gasteiger partial charge in [-0.05, 0) is 19.1 Å². The van der Waals surface area contributed by atoms with Crippen molar-refractivity contribution in [2.75, 3.05) is 19.0 Å². The average Bonchev–Trinajstić information content (AvgIpc) is 2.38. The first-order valence-corrected chi connectivity index (χ1v) is 6.57. The number of carbonyl (C=O) groups excluding carboxylic acids is 1. The molecule has 0 saturated heterocycles. The minimum absolute atomic E-state index is 0.333. The largest absolute Gasteiger partial charge is 0.493 e. The molecule has 98 valence electrons. The number of rotatable bonds is 6. The SMILES string of the molecule is CCOC(=O)/C=C(\CBr)Oc1ccccc1OC. The average molecular weight is 315 g/mol. The number of benzene rings is 1. The lowest BCUT2D eigenvalue weighted by Gasteiger charge is -2.11. The summed E-state index contributed by atoms with van der Waals surface area (Å²) in [7, 11) is 1.56. The molecule has 0 spiro atoms. The van der Waals surface area contributed by atoms with Gasteiger partial charge in [0.1, 0.15) is 5.76 Å². The van der Waals surface area contributed by atoms with Crippen LogP contribution in [0.4, 0.5) is 0 Å². The number of esters is 1. The van der Waals surface area contributed by atoms with Gasteiger partial charge in [0.05, 0.1) is 25.1 Å². The third-order valence-electron chi connectivity index (χ3n) is 2.01. The van der Waals surface area contributed by atoms with Crippen molar-refractivity contribution >= 4 is 21.9 Å².